The number of nitrogens with two attached hydrogens (primary N) is 1. The van der Waals surface area contributed by atoms with Crippen molar-refractivity contribution in [3.05, 3.63) is 64.7 Å². The van der Waals surface area contributed by atoms with Gasteiger partial charge in [-0.1, -0.05) is 30.3 Å². The van der Waals surface area contributed by atoms with E-state index in [1.54, 1.807) is 18.2 Å². The molecule has 0 aliphatic heterocycles. The molecule has 1 aliphatic carbocycles. The van der Waals surface area contributed by atoms with Crippen molar-refractivity contribution < 1.29 is 18.0 Å². The highest BCUT2D eigenvalue weighted by Gasteiger charge is 2.35. The van der Waals surface area contributed by atoms with Crippen LogP contribution in [0.25, 0.3) is 0 Å². The first-order valence-corrected chi connectivity index (χ1v) is 9.34. The minimum absolute atomic E-state index is 0.0173. The molecule has 0 heterocycles. The van der Waals surface area contributed by atoms with E-state index in [2.05, 4.69) is 5.32 Å². The van der Waals surface area contributed by atoms with Crippen LogP contribution >= 0.6 is 0 Å². The molecular weight excluding hydrogens is 340 g/mol. The number of Topliss-reactive ketones (excluding diaryl/α,β-unsaturated/α-hetero) is 1. The molecular formula is C18H18N2O4S. The highest BCUT2D eigenvalue weighted by molar-refractivity contribution is 7.89. The van der Waals surface area contributed by atoms with Crippen LogP contribution in [0, 0.1) is 6.92 Å². The van der Waals surface area contributed by atoms with E-state index < -0.39 is 15.9 Å². The summed E-state index contributed by atoms with van der Waals surface area (Å²) in [5, 5.41) is 7.87. The van der Waals surface area contributed by atoms with Gasteiger partial charge in [0.2, 0.25) is 15.9 Å². The number of rotatable bonds is 4. The average Bonchev–Trinajstić information content (AvgIpc) is 2.91. The fraction of sp³-hybridized carbons (Fsp3) is 0.222. The minimum Gasteiger partial charge on any atom is -0.351 e. The highest BCUT2D eigenvalue weighted by atomic mass is 32.2. The van der Waals surface area contributed by atoms with Gasteiger partial charge in [-0.15, -0.1) is 0 Å². The van der Waals surface area contributed by atoms with Gasteiger partial charge in [-0.2, -0.15) is 0 Å². The summed E-state index contributed by atoms with van der Waals surface area (Å²) in [4.78, 5) is 24.6. The zero-order valence-corrected chi connectivity index (χ0v) is 14.5. The second kappa shape index (κ2) is 6.42. The lowest BCUT2D eigenvalue weighted by Gasteiger charge is -2.14. The van der Waals surface area contributed by atoms with Gasteiger partial charge in [0.1, 0.15) is 0 Å². The molecule has 2 aromatic rings. The molecule has 130 valence electrons. The van der Waals surface area contributed by atoms with Crippen LogP contribution in [-0.2, 0) is 21.4 Å². The van der Waals surface area contributed by atoms with Gasteiger partial charge in [-0.3, -0.25) is 9.59 Å². The number of nitrogens with one attached hydrogen (secondary N) is 1. The molecule has 1 amide bonds. The summed E-state index contributed by atoms with van der Waals surface area (Å²) in [5.41, 5.74) is 3.10. The van der Waals surface area contributed by atoms with Gasteiger partial charge in [0.25, 0.3) is 0 Å². The Kier molecular flexibility index (Phi) is 4.45. The molecule has 0 aromatic heterocycles. The van der Waals surface area contributed by atoms with Crippen molar-refractivity contribution in [1.82, 2.24) is 5.32 Å². The molecule has 0 radical (unpaired) electrons. The molecule has 0 saturated heterocycles. The van der Waals surface area contributed by atoms with Crippen molar-refractivity contribution in [2.75, 3.05) is 0 Å². The maximum atomic E-state index is 12.5. The third kappa shape index (κ3) is 3.47. The van der Waals surface area contributed by atoms with Crippen LogP contribution in [0.1, 0.15) is 39.4 Å². The van der Waals surface area contributed by atoms with E-state index in [9.17, 15) is 18.0 Å². The van der Waals surface area contributed by atoms with Gasteiger partial charge in [-0.25, -0.2) is 13.6 Å². The molecule has 0 bridgehead atoms. The average molecular weight is 358 g/mol. The van der Waals surface area contributed by atoms with Crippen LogP contribution in [-0.4, -0.2) is 20.1 Å². The van der Waals surface area contributed by atoms with Gasteiger partial charge in [0, 0.05) is 18.5 Å². The first-order valence-electron chi connectivity index (χ1n) is 7.79. The number of sulfonamides is 1. The number of amides is 1. The van der Waals surface area contributed by atoms with Gasteiger partial charge in [-0.05, 0) is 35.7 Å². The van der Waals surface area contributed by atoms with Crippen LogP contribution in [0.3, 0.4) is 0 Å². The second-order valence-corrected chi connectivity index (χ2v) is 7.68. The second-order valence-electron chi connectivity index (χ2n) is 6.12. The summed E-state index contributed by atoms with van der Waals surface area (Å²) < 4.78 is 22.5. The molecule has 1 aliphatic rings. The Morgan fingerprint density at radius 3 is 2.52 bits per heavy atom. The third-order valence-electron chi connectivity index (χ3n) is 4.40. The predicted molar refractivity (Wildman–Crippen MR) is 92.5 cm³/mol. The topological polar surface area (TPSA) is 106 Å². The van der Waals surface area contributed by atoms with E-state index in [0.717, 1.165) is 16.7 Å². The Bertz CT molecular complexity index is 950. The Labute approximate surface area is 146 Å². The van der Waals surface area contributed by atoms with Gasteiger partial charge in [0.05, 0.1) is 10.8 Å². The first-order chi connectivity index (χ1) is 11.8. The minimum atomic E-state index is -3.73. The standard InChI is InChI=1S/C18H18N2O4S/c1-11-3-2-4-14-16(21)9-15(17(11)14)18(22)20-10-12-5-7-13(8-6-12)25(19,23)24/h2-8,15H,9-10H2,1H3,(H,20,22)(H2,19,23,24). The van der Waals surface area contributed by atoms with Crippen LogP contribution in [0.2, 0.25) is 0 Å². The Morgan fingerprint density at radius 1 is 1.20 bits per heavy atom. The number of fused-ring (bicyclic) bond motifs is 1. The molecule has 3 rings (SSSR count). The molecule has 3 N–H and O–H groups in total. The summed E-state index contributed by atoms with van der Waals surface area (Å²) in [6.45, 7) is 2.14. The van der Waals surface area contributed by atoms with E-state index in [1.165, 1.54) is 12.1 Å². The van der Waals surface area contributed by atoms with E-state index in [1.807, 2.05) is 19.1 Å². The Hall–Kier alpha value is -2.51. The van der Waals surface area contributed by atoms with Gasteiger partial charge >= 0.3 is 0 Å². The molecule has 25 heavy (non-hydrogen) atoms. The maximum absolute atomic E-state index is 12.5. The fourth-order valence-corrected chi connectivity index (χ4v) is 3.63. The van der Waals surface area contributed by atoms with E-state index >= 15 is 0 Å². The lowest BCUT2D eigenvalue weighted by atomic mass is 9.96. The summed E-state index contributed by atoms with van der Waals surface area (Å²) in [6.07, 6.45) is 0.177. The van der Waals surface area contributed by atoms with Crippen LogP contribution in [0.15, 0.2) is 47.4 Å². The Balaban J connectivity index is 1.71. The van der Waals surface area contributed by atoms with E-state index in [-0.39, 0.29) is 29.6 Å². The van der Waals surface area contributed by atoms with Crippen LogP contribution in [0.4, 0.5) is 0 Å². The summed E-state index contributed by atoms with van der Waals surface area (Å²) in [7, 11) is -3.73. The normalized spacial score (nSPS) is 16.6. The van der Waals surface area contributed by atoms with Crippen molar-refractivity contribution in [3.8, 4) is 0 Å². The zero-order chi connectivity index (χ0) is 18.2. The molecule has 1 atom stereocenters. The first kappa shape index (κ1) is 17.3. The number of primary sulfonamides is 1. The monoisotopic (exact) mass is 358 g/mol. The number of benzene rings is 2. The molecule has 6 nitrogen and oxygen atoms in total. The number of ketones is 1. The SMILES string of the molecule is Cc1cccc2c1C(C(=O)NCc1ccc(S(N)(=O)=O)cc1)CC2=O. The molecule has 1 unspecified atom stereocenters. The highest BCUT2D eigenvalue weighted by Crippen LogP contribution is 2.35. The number of carbonyl (C=O) groups is 2. The van der Waals surface area contributed by atoms with Crippen LogP contribution in [0.5, 0.6) is 0 Å². The lowest BCUT2D eigenvalue weighted by molar-refractivity contribution is -0.122. The molecule has 0 saturated carbocycles. The smallest absolute Gasteiger partial charge is 0.238 e. The molecule has 0 spiro atoms. The quantitative estimate of drug-likeness (QED) is 0.866. The number of hydrogen-bond donors (Lipinski definition) is 2. The number of hydrogen-bond acceptors (Lipinski definition) is 4. The molecule has 0 fully saturated rings. The Morgan fingerprint density at radius 2 is 1.88 bits per heavy atom. The third-order valence-corrected chi connectivity index (χ3v) is 5.33. The van der Waals surface area contributed by atoms with Gasteiger partial charge in [0.15, 0.2) is 5.78 Å². The fourth-order valence-electron chi connectivity index (χ4n) is 3.12. The zero-order valence-electron chi connectivity index (χ0n) is 13.7. The summed E-state index contributed by atoms with van der Waals surface area (Å²) in [5.74, 6) is -0.708. The summed E-state index contributed by atoms with van der Waals surface area (Å²) >= 11 is 0. The van der Waals surface area contributed by atoms with Gasteiger partial charge < -0.3 is 5.32 Å². The predicted octanol–water partition coefficient (Wildman–Crippen LogP) is 1.63. The lowest BCUT2D eigenvalue weighted by Crippen LogP contribution is -2.28. The number of carbonyl (C=O) groups excluding carboxylic acids is 2. The molecule has 2 aromatic carbocycles. The number of aryl methyl sites for hydroxylation is 1. The maximum Gasteiger partial charge on any atom is 0.238 e. The molecule has 7 heteroatoms. The van der Waals surface area contributed by atoms with Crippen molar-refractivity contribution in [3.63, 3.8) is 0 Å². The summed E-state index contributed by atoms with van der Waals surface area (Å²) in [6, 6.07) is 11.5. The van der Waals surface area contributed by atoms with E-state index in [4.69, 9.17) is 5.14 Å². The van der Waals surface area contributed by atoms with Crippen LogP contribution < -0.4 is 10.5 Å². The van der Waals surface area contributed by atoms with E-state index in [0.29, 0.717) is 5.56 Å². The van der Waals surface area contributed by atoms with Crippen molar-refractivity contribution in [1.29, 1.82) is 0 Å². The largest absolute Gasteiger partial charge is 0.351 e. The van der Waals surface area contributed by atoms with Crippen molar-refractivity contribution >= 4 is 21.7 Å². The van der Waals surface area contributed by atoms with Crippen molar-refractivity contribution in [2.45, 2.75) is 30.7 Å². The van der Waals surface area contributed by atoms with Crippen molar-refractivity contribution in [2.24, 2.45) is 5.14 Å².